The number of likely N-dealkylation sites (N-methyl/N-ethyl adjacent to an activating group) is 1. The predicted molar refractivity (Wildman–Crippen MR) is 232 cm³/mol. The number of carbonyl (C=O) groups excluding carboxylic acids is 3. The highest BCUT2D eigenvalue weighted by molar-refractivity contribution is 5.89. The molecule has 4 N–H and O–H groups in total. The molecule has 2 aromatic carbocycles. The van der Waals surface area contributed by atoms with Gasteiger partial charge in [0.2, 0.25) is 11.8 Å². The lowest BCUT2D eigenvalue weighted by Crippen LogP contribution is -2.59. The number of rotatable bonds is 16. The zero-order valence-corrected chi connectivity index (χ0v) is 36.1. The number of aliphatic hydroxyl groups excluding tert-OH is 1. The molecule has 13 nitrogen and oxygen atoms in total. The Morgan fingerprint density at radius 2 is 1.47 bits per heavy atom. The fraction of sp³-hybridized carbons (Fsp3) is 0.447. The number of hydrogen-bond donors (Lipinski definition) is 4. The molecule has 0 spiro atoms. The molecule has 4 aromatic rings. The zero-order valence-electron chi connectivity index (χ0n) is 36.1. The highest BCUT2D eigenvalue weighted by Gasteiger charge is 2.44. The standard InChI is InChI=1S/C47H61N7O6/c1-31-15-14-18-35(49-31)30-53-25-26-54(44(53)58)41(47(5,6)7)43(57)50-36(27-32-16-10-9-11-17-32)29-39(55)38(51-42(56)40(46(2,3)4)52(8)45(59)60)28-33-20-22-34(23-21-33)37-19-12-13-24-48-37/h9-24,36,38-41,55H,25-30H2,1-8H3,(H,50,57)(H,51,56)(H,59,60)/t36-,38-,39-,40+,41+/m0/s1. The minimum atomic E-state index is -1.25. The fourth-order valence-electron chi connectivity index (χ4n) is 8.11. The Morgan fingerprint density at radius 3 is 2.07 bits per heavy atom. The van der Waals surface area contributed by atoms with Crippen molar-refractivity contribution < 1.29 is 29.4 Å². The van der Waals surface area contributed by atoms with Crippen molar-refractivity contribution in [2.24, 2.45) is 10.8 Å². The van der Waals surface area contributed by atoms with Gasteiger partial charge in [-0.1, -0.05) is 108 Å². The van der Waals surface area contributed by atoms with Crippen LogP contribution in [0.5, 0.6) is 0 Å². The normalized spacial score (nSPS) is 15.8. The van der Waals surface area contributed by atoms with E-state index in [2.05, 4.69) is 20.6 Å². The molecule has 0 unspecified atom stereocenters. The average Bonchev–Trinajstić information content (AvgIpc) is 3.52. The number of benzene rings is 2. The first-order valence-electron chi connectivity index (χ1n) is 20.6. The van der Waals surface area contributed by atoms with E-state index in [1.165, 1.54) is 7.05 Å². The molecule has 1 saturated heterocycles. The maximum Gasteiger partial charge on any atom is 0.407 e. The van der Waals surface area contributed by atoms with Crippen molar-refractivity contribution >= 4 is 23.9 Å². The van der Waals surface area contributed by atoms with Crippen LogP contribution in [0.4, 0.5) is 9.59 Å². The second-order valence-electron chi connectivity index (χ2n) is 18.0. The van der Waals surface area contributed by atoms with E-state index >= 15 is 0 Å². The first-order valence-corrected chi connectivity index (χ1v) is 20.6. The Morgan fingerprint density at radius 1 is 0.800 bits per heavy atom. The first-order chi connectivity index (χ1) is 28.3. The van der Waals surface area contributed by atoms with E-state index in [1.54, 1.807) is 36.8 Å². The van der Waals surface area contributed by atoms with Crippen LogP contribution < -0.4 is 10.6 Å². The Labute approximate surface area is 354 Å². The van der Waals surface area contributed by atoms with E-state index < -0.39 is 53.1 Å². The van der Waals surface area contributed by atoms with Crippen LogP contribution in [0, 0.1) is 17.8 Å². The SMILES string of the molecule is Cc1cccc(CN2CCN([C@H](C(=O)N[C@@H](Cc3ccccc3)C[C@H](O)[C@H](Cc3ccc(-c4ccccn4)cc3)NC(=O)[C@@H](N(C)C(=O)O)C(C)(C)C)C(C)(C)C)C2=O)n1. The number of hydrogen-bond acceptors (Lipinski definition) is 7. The number of aromatic nitrogens is 2. The number of amides is 5. The van der Waals surface area contributed by atoms with Gasteiger partial charge in [0.05, 0.1) is 30.1 Å². The molecule has 0 radical (unpaired) electrons. The number of urea groups is 1. The van der Waals surface area contributed by atoms with Gasteiger partial charge in [-0.15, -0.1) is 0 Å². The molecule has 0 aliphatic carbocycles. The molecule has 1 aliphatic rings. The zero-order chi connectivity index (χ0) is 43.8. The number of pyridine rings is 2. The van der Waals surface area contributed by atoms with Gasteiger partial charge in [0.15, 0.2) is 0 Å². The Kier molecular flexibility index (Phi) is 14.7. The number of nitrogens with zero attached hydrogens (tertiary/aromatic N) is 5. The van der Waals surface area contributed by atoms with E-state index in [0.717, 1.165) is 38.7 Å². The molecule has 1 aliphatic heterocycles. The van der Waals surface area contributed by atoms with Crippen molar-refractivity contribution in [3.8, 4) is 11.3 Å². The maximum atomic E-state index is 14.6. The van der Waals surface area contributed by atoms with Crippen molar-refractivity contribution in [2.75, 3.05) is 20.1 Å². The summed E-state index contributed by atoms with van der Waals surface area (Å²) in [6.07, 6.45) is -0.0890. The van der Waals surface area contributed by atoms with E-state index in [9.17, 15) is 29.4 Å². The smallest absolute Gasteiger partial charge is 0.407 e. The van der Waals surface area contributed by atoms with E-state index in [0.29, 0.717) is 26.1 Å². The number of aryl methyl sites for hydroxylation is 1. The van der Waals surface area contributed by atoms with Crippen LogP contribution in [0.1, 0.15) is 70.5 Å². The van der Waals surface area contributed by atoms with Crippen LogP contribution in [0.25, 0.3) is 11.3 Å². The molecule has 0 saturated carbocycles. The average molecular weight is 820 g/mol. The van der Waals surface area contributed by atoms with Gasteiger partial charge in [0.1, 0.15) is 12.1 Å². The summed E-state index contributed by atoms with van der Waals surface area (Å²) < 4.78 is 0. The van der Waals surface area contributed by atoms with Crippen molar-refractivity contribution in [3.05, 3.63) is 120 Å². The van der Waals surface area contributed by atoms with Gasteiger partial charge in [-0.05, 0) is 72.4 Å². The molecule has 3 heterocycles. The molecule has 2 aromatic heterocycles. The molecular formula is C47H61N7O6. The molecule has 1 fully saturated rings. The Balaban J connectivity index is 1.42. The summed E-state index contributed by atoms with van der Waals surface area (Å²) in [6.45, 7) is 14.2. The Hall–Kier alpha value is -5.82. The lowest BCUT2D eigenvalue weighted by molar-refractivity contribution is -0.131. The molecule has 5 amide bonds. The fourth-order valence-corrected chi connectivity index (χ4v) is 8.11. The first kappa shape index (κ1) is 45.3. The number of aliphatic hydroxyl groups is 1. The third-order valence-corrected chi connectivity index (χ3v) is 10.9. The number of carbonyl (C=O) groups is 4. The summed E-state index contributed by atoms with van der Waals surface area (Å²) in [5.74, 6) is -0.892. The van der Waals surface area contributed by atoms with Crippen molar-refractivity contribution in [1.29, 1.82) is 0 Å². The topological polar surface area (TPSA) is 168 Å². The molecule has 0 bridgehead atoms. The van der Waals surface area contributed by atoms with E-state index in [1.807, 2.05) is 119 Å². The lowest BCUT2D eigenvalue weighted by atomic mass is 9.84. The highest BCUT2D eigenvalue weighted by Crippen LogP contribution is 2.30. The molecule has 13 heteroatoms. The largest absolute Gasteiger partial charge is 0.465 e. The summed E-state index contributed by atoms with van der Waals surface area (Å²) in [5, 5.41) is 28.4. The van der Waals surface area contributed by atoms with Crippen molar-refractivity contribution in [2.45, 2.75) is 105 Å². The van der Waals surface area contributed by atoms with Crippen LogP contribution in [0.15, 0.2) is 97.2 Å². The monoisotopic (exact) mass is 819 g/mol. The Bertz CT molecular complexity index is 2070. The summed E-state index contributed by atoms with van der Waals surface area (Å²) in [4.78, 5) is 68.1. The van der Waals surface area contributed by atoms with Crippen LogP contribution in [0.2, 0.25) is 0 Å². The lowest BCUT2D eigenvalue weighted by Gasteiger charge is -2.38. The summed E-state index contributed by atoms with van der Waals surface area (Å²) in [5.41, 5.74) is 3.67. The molecule has 60 heavy (non-hydrogen) atoms. The van der Waals surface area contributed by atoms with Crippen LogP contribution >= 0.6 is 0 Å². The molecular weight excluding hydrogens is 759 g/mol. The van der Waals surface area contributed by atoms with Gasteiger partial charge in [0.25, 0.3) is 0 Å². The summed E-state index contributed by atoms with van der Waals surface area (Å²) >= 11 is 0. The van der Waals surface area contributed by atoms with Gasteiger partial charge in [-0.2, -0.15) is 0 Å². The minimum Gasteiger partial charge on any atom is -0.465 e. The number of nitrogens with one attached hydrogen (secondary N) is 2. The minimum absolute atomic E-state index is 0.0442. The molecule has 5 atom stereocenters. The predicted octanol–water partition coefficient (Wildman–Crippen LogP) is 6.33. The van der Waals surface area contributed by atoms with E-state index in [4.69, 9.17) is 0 Å². The third kappa shape index (κ3) is 11.9. The van der Waals surface area contributed by atoms with Gasteiger partial charge in [-0.3, -0.25) is 24.5 Å². The van der Waals surface area contributed by atoms with Gasteiger partial charge < -0.3 is 30.6 Å². The van der Waals surface area contributed by atoms with Gasteiger partial charge in [0, 0.05) is 43.6 Å². The molecule has 320 valence electrons. The van der Waals surface area contributed by atoms with Gasteiger partial charge in [-0.25, -0.2) is 9.59 Å². The molecule has 5 rings (SSSR count). The summed E-state index contributed by atoms with van der Waals surface area (Å²) in [7, 11) is 1.36. The second-order valence-corrected chi connectivity index (χ2v) is 18.0. The van der Waals surface area contributed by atoms with Crippen molar-refractivity contribution in [1.82, 2.24) is 35.3 Å². The van der Waals surface area contributed by atoms with Crippen LogP contribution in [0.3, 0.4) is 0 Å². The van der Waals surface area contributed by atoms with Crippen LogP contribution in [-0.2, 0) is 29.0 Å². The van der Waals surface area contributed by atoms with Crippen molar-refractivity contribution in [3.63, 3.8) is 0 Å². The van der Waals surface area contributed by atoms with E-state index in [-0.39, 0.29) is 24.8 Å². The van der Waals surface area contributed by atoms with Crippen LogP contribution in [-0.4, -0.2) is 109 Å². The number of carboxylic acid groups (broad SMARTS) is 1. The second kappa shape index (κ2) is 19.5. The highest BCUT2D eigenvalue weighted by atomic mass is 16.4. The summed E-state index contributed by atoms with van der Waals surface area (Å²) in [6, 6.07) is 25.1. The quantitative estimate of drug-likeness (QED) is 0.102. The van der Waals surface area contributed by atoms with Gasteiger partial charge >= 0.3 is 12.1 Å². The third-order valence-electron chi connectivity index (χ3n) is 10.9. The maximum absolute atomic E-state index is 14.6.